The number of likely N-dealkylation sites (tertiary alicyclic amines) is 1. The molecule has 0 saturated carbocycles. The van der Waals surface area contributed by atoms with Gasteiger partial charge in [0, 0.05) is 38.3 Å². The van der Waals surface area contributed by atoms with E-state index in [1.807, 2.05) is 0 Å². The molecule has 1 atom stereocenters. The van der Waals surface area contributed by atoms with Gasteiger partial charge in [-0.15, -0.1) is 12.4 Å². The van der Waals surface area contributed by atoms with Gasteiger partial charge >= 0.3 is 0 Å². The largest absolute Gasteiger partial charge is 0.354 e. The molecule has 0 spiro atoms. The van der Waals surface area contributed by atoms with E-state index in [1.165, 1.54) is 12.1 Å². The van der Waals surface area contributed by atoms with Gasteiger partial charge in [-0.2, -0.15) is 5.10 Å². The fourth-order valence-corrected chi connectivity index (χ4v) is 3.25. The maximum atomic E-state index is 13.1. The van der Waals surface area contributed by atoms with Crippen molar-refractivity contribution in [2.24, 2.45) is 5.73 Å². The first kappa shape index (κ1) is 21.8. The first-order valence-electron chi connectivity index (χ1n) is 9.18. The summed E-state index contributed by atoms with van der Waals surface area (Å²) in [6.45, 7) is 1.36. The van der Waals surface area contributed by atoms with Crippen molar-refractivity contribution in [1.82, 2.24) is 20.0 Å². The van der Waals surface area contributed by atoms with E-state index in [9.17, 15) is 14.0 Å². The summed E-state index contributed by atoms with van der Waals surface area (Å²) in [6.07, 6.45) is 4.75. The van der Waals surface area contributed by atoms with Crippen molar-refractivity contribution < 1.29 is 14.0 Å². The third kappa shape index (κ3) is 5.30. The lowest BCUT2D eigenvalue weighted by molar-refractivity contribution is -0.121. The fraction of sp³-hybridized carbons (Fsp3) is 0.421. The van der Waals surface area contributed by atoms with Crippen LogP contribution in [0.2, 0.25) is 0 Å². The number of aromatic nitrogens is 2. The van der Waals surface area contributed by atoms with Crippen molar-refractivity contribution in [2.75, 3.05) is 19.6 Å². The van der Waals surface area contributed by atoms with Crippen molar-refractivity contribution in [2.45, 2.75) is 31.7 Å². The second kappa shape index (κ2) is 10.2. The Balaban J connectivity index is 0.00000280. The third-order valence-corrected chi connectivity index (χ3v) is 4.69. The molecule has 2 aromatic rings. The molecule has 3 N–H and O–H groups in total. The standard InChI is InChI=1S/C19H24FN5O2.ClH/c20-14-4-6-15(7-5-14)25-12-9-17(23-25)19(27)24-11-2-1-3-16(24)13-22-18(26)8-10-21;/h4-7,9,12,16H,1-3,8,10-11,13,21H2,(H,22,26);1H. The van der Waals surface area contributed by atoms with Gasteiger partial charge < -0.3 is 16.0 Å². The van der Waals surface area contributed by atoms with Gasteiger partial charge in [-0.3, -0.25) is 9.59 Å². The number of nitrogens with one attached hydrogen (secondary N) is 1. The Morgan fingerprint density at radius 3 is 2.68 bits per heavy atom. The topological polar surface area (TPSA) is 93.3 Å². The molecule has 0 bridgehead atoms. The van der Waals surface area contributed by atoms with E-state index in [0.29, 0.717) is 31.0 Å². The van der Waals surface area contributed by atoms with E-state index in [-0.39, 0.29) is 42.5 Å². The summed E-state index contributed by atoms with van der Waals surface area (Å²) in [7, 11) is 0. The zero-order chi connectivity index (χ0) is 19.2. The molecule has 28 heavy (non-hydrogen) atoms. The average Bonchev–Trinajstić information content (AvgIpc) is 3.17. The lowest BCUT2D eigenvalue weighted by Crippen LogP contribution is -2.49. The van der Waals surface area contributed by atoms with E-state index in [0.717, 1.165) is 19.3 Å². The minimum atomic E-state index is -0.324. The summed E-state index contributed by atoms with van der Waals surface area (Å²) in [6, 6.07) is 7.51. The Labute approximate surface area is 169 Å². The van der Waals surface area contributed by atoms with E-state index < -0.39 is 0 Å². The molecule has 1 fully saturated rings. The number of piperidine rings is 1. The molecular formula is C19H25ClFN5O2. The second-order valence-corrected chi connectivity index (χ2v) is 6.61. The zero-order valence-corrected chi connectivity index (χ0v) is 16.3. The number of benzene rings is 1. The molecule has 3 rings (SSSR count). The number of hydrogen-bond acceptors (Lipinski definition) is 4. The Hall–Kier alpha value is -2.45. The molecule has 0 aliphatic carbocycles. The fourth-order valence-electron chi connectivity index (χ4n) is 3.25. The molecule has 9 heteroatoms. The highest BCUT2D eigenvalue weighted by molar-refractivity contribution is 5.92. The first-order chi connectivity index (χ1) is 13.1. The van der Waals surface area contributed by atoms with Crippen LogP contribution in [0.15, 0.2) is 36.5 Å². The van der Waals surface area contributed by atoms with Crippen LogP contribution in [0.25, 0.3) is 5.69 Å². The maximum Gasteiger partial charge on any atom is 0.274 e. The van der Waals surface area contributed by atoms with Crippen molar-refractivity contribution >= 4 is 24.2 Å². The molecule has 1 aromatic carbocycles. The molecule has 0 radical (unpaired) electrons. The maximum absolute atomic E-state index is 13.1. The molecule has 1 unspecified atom stereocenters. The summed E-state index contributed by atoms with van der Waals surface area (Å²) in [5, 5.41) is 7.20. The SMILES string of the molecule is Cl.NCCC(=O)NCC1CCCCN1C(=O)c1ccn(-c2ccc(F)cc2)n1. The molecule has 1 aromatic heterocycles. The quantitative estimate of drug-likeness (QED) is 0.761. The van der Waals surface area contributed by atoms with Crippen LogP contribution in [-0.4, -0.2) is 52.2 Å². The van der Waals surface area contributed by atoms with E-state index >= 15 is 0 Å². The number of amides is 2. The normalized spacial score (nSPS) is 16.4. The highest BCUT2D eigenvalue weighted by Gasteiger charge is 2.29. The van der Waals surface area contributed by atoms with Crippen LogP contribution < -0.4 is 11.1 Å². The Morgan fingerprint density at radius 1 is 1.21 bits per heavy atom. The van der Waals surface area contributed by atoms with Crippen molar-refractivity contribution in [1.29, 1.82) is 0 Å². The number of nitrogens with two attached hydrogens (primary N) is 1. The van der Waals surface area contributed by atoms with Crippen LogP contribution in [0.3, 0.4) is 0 Å². The van der Waals surface area contributed by atoms with Gasteiger partial charge in [0.2, 0.25) is 5.91 Å². The Bertz CT molecular complexity index is 796. The zero-order valence-electron chi connectivity index (χ0n) is 15.5. The van der Waals surface area contributed by atoms with E-state index in [4.69, 9.17) is 5.73 Å². The van der Waals surface area contributed by atoms with Crippen LogP contribution in [0, 0.1) is 5.82 Å². The molecule has 2 amide bonds. The summed E-state index contributed by atoms with van der Waals surface area (Å²) in [5.41, 5.74) is 6.40. The first-order valence-corrected chi connectivity index (χ1v) is 9.18. The number of hydrogen-bond donors (Lipinski definition) is 2. The lowest BCUT2D eigenvalue weighted by atomic mass is 10.0. The number of carbonyl (C=O) groups is 2. The minimum absolute atomic E-state index is 0. The molecule has 1 saturated heterocycles. The van der Waals surface area contributed by atoms with Gasteiger partial charge in [0.1, 0.15) is 5.82 Å². The van der Waals surface area contributed by atoms with Crippen molar-refractivity contribution in [3.63, 3.8) is 0 Å². The van der Waals surface area contributed by atoms with Crippen LogP contribution in [0.1, 0.15) is 36.2 Å². The van der Waals surface area contributed by atoms with Gasteiger partial charge in [0.05, 0.1) is 5.69 Å². The number of halogens is 2. The third-order valence-electron chi connectivity index (χ3n) is 4.69. The Morgan fingerprint density at radius 2 is 1.96 bits per heavy atom. The molecule has 152 valence electrons. The predicted octanol–water partition coefficient (Wildman–Crippen LogP) is 1.89. The smallest absolute Gasteiger partial charge is 0.274 e. The summed E-state index contributed by atoms with van der Waals surface area (Å²) >= 11 is 0. The van der Waals surface area contributed by atoms with Crippen LogP contribution in [-0.2, 0) is 4.79 Å². The van der Waals surface area contributed by atoms with Crippen molar-refractivity contribution in [3.8, 4) is 5.69 Å². The van der Waals surface area contributed by atoms with Gasteiger partial charge in [-0.05, 0) is 49.6 Å². The lowest BCUT2D eigenvalue weighted by Gasteiger charge is -2.35. The second-order valence-electron chi connectivity index (χ2n) is 6.61. The number of carbonyl (C=O) groups excluding carboxylic acids is 2. The highest BCUT2D eigenvalue weighted by atomic mass is 35.5. The number of nitrogens with zero attached hydrogens (tertiary/aromatic N) is 3. The molecule has 2 heterocycles. The average molecular weight is 410 g/mol. The Kier molecular flexibility index (Phi) is 7.95. The summed E-state index contributed by atoms with van der Waals surface area (Å²) in [5.74, 6) is -0.584. The molecule has 7 nitrogen and oxygen atoms in total. The van der Waals surface area contributed by atoms with E-state index in [1.54, 1.807) is 34.0 Å². The number of rotatable bonds is 6. The summed E-state index contributed by atoms with van der Waals surface area (Å²) < 4.78 is 14.6. The minimum Gasteiger partial charge on any atom is -0.354 e. The highest BCUT2D eigenvalue weighted by Crippen LogP contribution is 2.19. The monoisotopic (exact) mass is 409 g/mol. The molecule has 1 aliphatic rings. The molecule has 1 aliphatic heterocycles. The van der Waals surface area contributed by atoms with Crippen LogP contribution in [0.4, 0.5) is 4.39 Å². The van der Waals surface area contributed by atoms with Gasteiger partial charge in [-0.1, -0.05) is 0 Å². The van der Waals surface area contributed by atoms with Crippen molar-refractivity contribution in [3.05, 3.63) is 48.0 Å². The summed E-state index contributed by atoms with van der Waals surface area (Å²) in [4.78, 5) is 26.4. The van der Waals surface area contributed by atoms with Gasteiger partial charge in [0.25, 0.3) is 5.91 Å². The van der Waals surface area contributed by atoms with Crippen LogP contribution in [0.5, 0.6) is 0 Å². The van der Waals surface area contributed by atoms with Gasteiger partial charge in [-0.25, -0.2) is 9.07 Å². The van der Waals surface area contributed by atoms with Gasteiger partial charge in [0.15, 0.2) is 5.69 Å². The van der Waals surface area contributed by atoms with Crippen LogP contribution >= 0.6 is 12.4 Å². The van der Waals surface area contributed by atoms with E-state index in [2.05, 4.69) is 10.4 Å². The molecular weight excluding hydrogens is 385 g/mol. The predicted molar refractivity (Wildman–Crippen MR) is 106 cm³/mol.